The quantitative estimate of drug-likeness (QED) is 0.418. The highest BCUT2D eigenvalue weighted by Crippen LogP contribution is 2.65. The number of hydrogen-bond acceptors (Lipinski definition) is 5. The van der Waals surface area contributed by atoms with Crippen LogP contribution < -0.4 is 0 Å². The van der Waals surface area contributed by atoms with Crippen LogP contribution in [0.1, 0.15) is 53.4 Å². The van der Waals surface area contributed by atoms with E-state index < -0.39 is 33.4 Å². The lowest BCUT2D eigenvalue weighted by molar-refractivity contribution is -0.147. The van der Waals surface area contributed by atoms with E-state index in [0.29, 0.717) is 26.2 Å². The van der Waals surface area contributed by atoms with Crippen LogP contribution in [0.3, 0.4) is 0 Å². The number of carbonyl (C=O) groups excluding carboxylic acids is 3. The summed E-state index contributed by atoms with van der Waals surface area (Å²) < 4.78 is -1.40. The van der Waals surface area contributed by atoms with Crippen LogP contribution in [0.25, 0.3) is 0 Å². The Labute approximate surface area is 207 Å². The van der Waals surface area contributed by atoms with E-state index in [1.807, 2.05) is 35.8 Å². The van der Waals surface area contributed by atoms with Gasteiger partial charge in [0, 0.05) is 30.9 Å². The third-order valence-corrected chi connectivity index (χ3v) is 9.72. The zero-order valence-electron chi connectivity index (χ0n) is 20.9. The second-order valence-corrected chi connectivity index (χ2v) is 12.1. The number of nitrogens with zero attached hydrogens (tertiary/aromatic N) is 3. The SMILES string of the molecule is CCCCCN1CC=C[C@]23S[C@]4(C)C=CCN(CCC)C(=O)[C@@H]4[C@H]2C(=O)N([C@H](C)CO)C3C1=O. The van der Waals surface area contributed by atoms with Crippen LogP contribution in [-0.4, -0.2) is 91.9 Å². The fourth-order valence-electron chi connectivity index (χ4n) is 6.35. The molecular formula is C26H39N3O4S. The summed E-state index contributed by atoms with van der Waals surface area (Å²) in [7, 11) is 0. The molecule has 4 rings (SSSR count). The number of fused-ring (bicyclic) bond motifs is 2. The molecular weight excluding hydrogens is 450 g/mol. The summed E-state index contributed by atoms with van der Waals surface area (Å²) in [6, 6.07) is -1.22. The van der Waals surface area contributed by atoms with Gasteiger partial charge in [0.25, 0.3) is 0 Å². The van der Waals surface area contributed by atoms with Gasteiger partial charge in [-0.05, 0) is 26.7 Å². The fraction of sp³-hybridized carbons (Fsp3) is 0.731. The number of thioether (sulfide) groups is 1. The van der Waals surface area contributed by atoms with Gasteiger partial charge >= 0.3 is 0 Å². The number of unbranched alkanes of at least 4 members (excludes halogenated alkanes) is 2. The van der Waals surface area contributed by atoms with E-state index in [0.717, 1.165) is 25.7 Å². The highest BCUT2D eigenvalue weighted by molar-refractivity contribution is 8.02. The molecule has 34 heavy (non-hydrogen) atoms. The van der Waals surface area contributed by atoms with E-state index in [2.05, 4.69) is 19.1 Å². The summed E-state index contributed by atoms with van der Waals surface area (Å²) >= 11 is 1.61. The van der Waals surface area contributed by atoms with Crippen molar-refractivity contribution in [3.63, 3.8) is 0 Å². The van der Waals surface area contributed by atoms with Crippen molar-refractivity contribution < 1.29 is 19.5 Å². The average molecular weight is 490 g/mol. The van der Waals surface area contributed by atoms with Crippen LogP contribution in [0.5, 0.6) is 0 Å². The summed E-state index contributed by atoms with van der Waals surface area (Å²) in [4.78, 5) is 47.3. The number of likely N-dealkylation sites (tertiary alicyclic amines) is 1. The predicted molar refractivity (Wildman–Crippen MR) is 134 cm³/mol. The van der Waals surface area contributed by atoms with Crippen LogP contribution in [0, 0.1) is 11.8 Å². The van der Waals surface area contributed by atoms with Gasteiger partial charge in [-0.2, -0.15) is 0 Å². The molecule has 6 atom stereocenters. The Hall–Kier alpha value is -1.80. The summed E-state index contributed by atoms with van der Waals surface area (Å²) in [5, 5.41) is 10.0. The zero-order valence-corrected chi connectivity index (χ0v) is 21.7. The highest BCUT2D eigenvalue weighted by atomic mass is 32.2. The summed E-state index contributed by atoms with van der Waals surface area (Å²) in [5.74, 6) is -1.42. The van der Waals surface area contributed by atoms with Gasteiger partial charge in [-0.15, -0.1) is 11.8 Å². The molecule has 0 aliphatic carbocycles. The first kappa shape index (κ1) is 25.3. The minimum atomic E-state index is -0.828. The van der Waals surface area contributed by atoms with Gasteiger partial charge in [0.2, 0.25) is 17.7 Å². The summed E-state index contributed by atoms with van der Waals surface area (Å²) in [6.45, 7) is 10.2. The van der Waals surface area contributed by atoms with E-state index in [1.165, 1.54) is 0 Å². The Morgan fingerprint density at radius 2 is 1.65 bits per heavy atom. The highest BCUT2D eigenvalue weighted by Gasteiger charge is 2.74. The van der Waals surface area contributed by atoms with Crippen molar-refractivity contribution in [1.82, 2.24) is 14.7 Å². The van der Waals surface area contributed by atoms with E-state index in [1.54, 1.807) is 23.6 Å². The second-order valence-electron chi connectivity index (χ2n) is 10.4. The normalized spacial score (nSPS) is 35.9. The van der Waals surface area contributed by atoms with Gasteiger partial charge in [-0.25, -0.2) is 0 Å². The summed E-state index contributed by atoms with van der Waals surface area (Å²) in [5.41, 5.74) is 0. The number of amides is 3. The maximum absolute atomic E-state index is 14.1. The van der Waals surface area contributed by atoms with Crippen molar-refractivity contribution in [3.8, 4) is 0 Å². The summed E-state index contributed by atoms with van der Waals surface area (Å²) in [6.07, 6.45) is 12.1. The number of aliphatic hydroxyl groups is 1. The molecule has 0 bridgehead atoms. The molecule has 3 amide bonds. The van der Waals surface area contributed by atoms with E-state index in [9.17, 15) is 19.5 Å². The third-order valence-electron chi connectivity index (χ3n) is 7.93. The first-order valence-corrected chi connectivity index (χ1v) is 13.6. The molecule has 188 valence electrons. The lowest BCUT2D eigenvalue weighted by Gasteiger charge is -2.38. The molecule has 0 radical (unpaired) electrons. The molecule has 1 N–H and O–H groups in total. The van der Waals surface area contributed by atoms with Gasteiger partial charge in [-0.3, -0.25) is 14.4 Å². The monoisotopic (exact) mass is 489 g/mol. The minimum Gasteiger partial charge on any atom is -0.394 e. The molecule has 2 saturated heterocycles. The van der Waals surface area contributed by atoms with Crippen molar-refractivity contribution >= 4 is 29.5 Å². The maximum Gasteiger partial charge on any atom is 0.247 e. The second kappa shape index (κ2) is 9.69. The van der Waals surface area contributed by atoms with E-state index in [-0.39, 0.29) is 24.3 Å². The van der Waals surface area contributed by atoms with Crippen molar-refractivity contribution in [2.45, 2.75) is 75.0 Å². The van der Waals surface area contributed by atoms with Crippen LogP contribution in [0.4, 0.5) is 0 Å². The number of carbonyl (C=O) groups is 3. The molecule has 0 aromatic rings. The molecule has 2 fully saturated rings. The molecule has 4 aliphatic heterocycles. The maximum atomic E-state index is 14.1. The molecule has 4 heterocycles. The smallest absolute Gasteiger partial charge is 0.247 e. The van der Waals surface area contributed by atoms with Crippen LogP contribution in [0.15, 0.2) is 24.3 Å². The largest absolute Gasteiger partial charge is 0.394 e. The Bertz CT molecular complexity index is 891. The van der Waals surface area contributed by atoms with Crippen LogP contribution in [0.2, 0.25) is 0 Å². The topological polar surface area (TPSA) is 81.2 Å². The standard InChI is InChI=1S/C26H39N3O4S/c1-5-7-8-14-28-16-10-12-26-20(23(32)29(18(3)17-30)21(26)24(28)33)19-22(31)27(13-6-2)15-9-11-25(19,4)34-26/h9-12,18-21,30H,5-8,13-17H2,1-4H3/t18-,19+,20+,21?,25-,26+/m1/s1. The molecule has 1 unspecified atom stereocenters. The van der Waals surface area contributed by atoms with Crippen LogP contribution >= 0.6 is 11.8 Å². The van der Waals surface area contributed by atoms with Crippen molar-refractivity contribution in [2.75, 3.05) is 32.8 Å². The van der Waals surface area contributed by atoms with E-state index >= 15 is 0 Å². The zero-order chi connectivity index (χ0) is 24.7. The first-order valence-electron chi connectivity index (χ1n) is 12.8. The Balaban J connectivity index is 1.81. The Kier molecular flexibility index (Phi) is 7.21. The molecule has 8 heteroatoms. The van der Waals surface area contributed by atoms with E-state index in [4.69, 9.17) is 0 Å². The third kappa shape index (κ3) is 3.81. The minimum absolute atomic E-state index is 0.000718. The molecule has 0 saturated carbocycles. The lowest BCUT2D eigenvalue weighted by Crippen LogP contribution is -2.56. The predicted octanol–water partition coefficient (Wildman–Crippen LogP) is 2.45. The first-order chi connectivity index (χ1) is 16.3. The van der Waals surface area contributed by atoms with Gasteiger partial charge in [0.15, 0.2) is 0 Å². The van der Waals surface area contributed by atoms with Gasteiger partial charge in [0.05, 0.1) is 29.2 Å². The van der Waals surface area contributed by atoms with Gasteiger partial charge < -0.3 is 19.8 Å². The van der Waals surface area contributed by atoms with Crippen molar-refractivity contribution in [2.24, 2.45) is 11.8 Å². The fourth-order valence-corrected chi connectivity index (χ4v) is 8.49. The number of aliphatic hydroxyl groups excluding tert-OH is 1. The Morgan fingerprint density at radius 1 is 0.971 bits per heavy atom. The van der Waals surface area contributed by atoms with Gasteiger partial charge in [0.1, 0.15) is 6.04 Å². The average Bonchev–Trinajstić information content (AvgIpc) is 3.09. The molecule has 4 aliphatic rings. The molecule has 0 aromatic carbocycles. The lowest BCUT2D eigenvalue weighted by atomic mass is 9.74. The van der Waals surface area contributed by atoms with Crippen LogP contribution in [-0.2, 0) is 14.4 Å². The molecule has 7 nitrogen and oxygen atoms in total. The number of rotatable bonds is 8. The molecule has 1 spiro atoms. The molecule has 0 aromatic heterocycles. The van der Waals surface area contributed by atoms with Gasteiger partial charge in [-0.1, -0.05) is 51.0 Å². The van der Waals surface area contributed by atoms with Crippen molar-refractivity contribution in [1.29, 1.82) is 0 Å². The Morgan fingerprint density at radius 3 is 2.29 bits per heavy atom. The van der Waals surface area contributed by atoms with Crippen molar-refractivity contribution in [3.05, 3.63) is 24.3 Å². The number of hydrogen-bond donors (Lipinski definition) is 1.